The Kier molecular flexibility index (Phi) is 9.17. The molecule has 3 nitrogen and oxygen atoms in total. The molecule has 0 aliphatic rings. The molecule has 0 saturated carbocycles. The van der Waals surface area contributed by atoms with Gasteiger partial charge < -0.3 is 0 Å². The van der Waals surface area contributed by atoms with E-state index in [0.29, 0.717) is 0 Å². The number of hydrogen-bond donors (Lipinski definition) is 0. The molecule has 0 atom stereocenters. The smallest absolute Gasteiger partial charge is 0.137 e. The van der Waals surface area contributed by atoms with Crippen molar-refractivity contribution in [1.29, 1.82) is 0 Å². The molecular formula is C56H39N3. The standard InChI is InChI=1S/C56H39N3/c1-3-38-35-51(50-25-15-14-24-49(50)48(38)4-2)46-32-44(33-47(34-46)53-37-45(39-18-8-5-9-19-39)36-52(57-53)41-20-10-6-11-21-41)40-27-29-42(30-28-40)55-56(43-22-12-7-13-23-43)59-31-17-16-26-54(59)58-55/h3-37H,1-2H2. The molecule has 0 bridgehead atoms. The summed E-state index contributed by atoms with van der Waals surface area (Å²) < 4.78 is 2.17. The van der Waals surface area contributed by atoms with E-state index in [1.165, 1.54) is 0 Å². The Hall–Kier alpha value is -7.88. The van der Waals surface area contributed by atoms with Gasteiger partial charge in [-0.3, -0.25) is 4.40 Å². The molecule has 3 heterocycles. The van der Waals surface area contributed by atoms with Crippen LogP contribution in [0.15, 0.2) is 213 Å². The molecule has 10 rings (SSSR count). The Morgan fingerprint density at radius 2 is 0.932 bits per heavy atom. The molecule has 0 amide bonds. The van der Waals surface area contributed by atoms with Gasteiger partial charge in [0, 0.05) is 28.5 Å². The summed E-state index contributed by atoms with van der Waals surface area (Å²) in [6.07, 6.45) is 5.95. The quantitative estimate of drug-likeness (QED) is 0.147. The molecule has 3 aromatic heterocycles. The normalized spacial score (nSPS) is 11.2. The van der Waals surface area contributed by atoms with E-state index in [2.05, 4.69) is 200 Å². The van der Waals surface area contributed by atoms with Gasteiger partial charge in [0.25, 0.3) is 0 Å². The van der Waals surface area contributed by atoms with E-state index in [-0.39, 0.29) is 0 Å². The van der Waals surface area contributed by atoms with Crippen molar-refractivity contribution < 1.29 is 0 Å². The fourth-order valence-electron chi connectivity index (χ4n) is 8.27. The van der Waals surface area contributed by atoms with Gasteiger partial charge in [0.1, 0.15) is 5.65 Å². The van der Waals surface area contributed by atoms with Gasteiger partial charge in [0.15, 0.2) is 0 Å². The van der Waals surface area contributed by atoms with Gasteiger partial charge in [0.05, 0.1) is 22.8 Å². The number of pyridine rings is 2. The van der Waals surface area contributed by atoms with Crippen LogP contribution in [0.5, 0.6) is 0 Å². The maximum absolute atomic E-state index is 5.37. The van der Waals surface area contributed by atoms with Gasteiger partial charge in [-0.05, 0) is 104 Å². The molecule has 0 spiro atoms. The van der Waals surface area contributed by atoms with E-state index in [1.54, 1.807) is 0 Å². The average molecular weight is 754 g/mol. The molecule has 59 heavy (non-hydrogen) atoms. The molecule has 7 aromatic carbocycles. The van der Waals surface area contributed by atoms with Crippen LogP contribution >= 0.6 is 0 Å². The Morgan fingerprint density at radius 3 is 1.63 bits per heavy atom. The van der Waals surface area contributed by atoms with Gasteiger partial charge in [-0.2, -0.15) is 0 Å². The monoisotopic (exact) mass is 753 g/mol. The zero-order valence-electron chi connectivity index (χ0n) is 32.5. The second kappa shape index (κ2) is 15.2. The number of benzene rings is 7. The van der Waals surface area contributed by atoms with Crippen molar-refractivity contribution in [3.63, 3.8) is 0 Å². The SMILES string of the molecule is C=Cc1cc(-c2cc(-c3ccc(-c4nc5ccccn5c4-c4ccccc4)cc3)cc(-c3cc(-c4ccccc4)cc(-c4ccccc4)n3)c2)c2ccccc2c1C=C. The highest BCUT2D eigenvalue weighted by atomic mass is 15.0. The topological polar surface area (TPSA) is 30.2 Å². The lowest BCUT2D eigenvalue weighted by molar-refractivity contribution is 1.19. The van der Waals surface area contributed by atoms with Gasteiger partial charge in [0.2, 0.25) is 0 Å². The maximum Gasteiger partial charge on any atom is 0.137 e. The Morgan fingerprint density at radius 1 is 0.390 bits per heavy atom. The van der Waals surface area contributed by atoms with Crippen molar-refractivity contribution in [1.82, 2.24) is 14.4 Å². The summed E-state index contributed by atoms with van der Waals surface area (Å²) in [5, 5.41) is 2.30. The van der Waals surface area contributed by atoms with Crippen molar-refractivity contribution in [3.8, 4) is 78.4 Å². The molecule has 0 fully saturated rings. The first kappa shape index (κ1) is 35.5. The van der Waals surface area contributed by atoms with Gasteiger partial charge in [-0.25, -0.2) is 9.97 Å². The average Bonchev–Trinajstić information content (AvgIpc) is 3.71. The van der Waals surface area contributed by atoms with Crippen LogP contribution < -0.4 is 0 Å². The van der Waals surface area contributed by atoms with Gasteiger partial charge >= 0.3 is 0 Å². The second-order valence-electron chi connectivity index (χ2n) is 14.7. The van der Waals surface area contributed by atoms with Crippen molar-refractivity contribution in [2.45, 2.75) is 0 Å². The minimum Gasteiger partial charge on any atom is -0.299 e. The predicted octanol–water partition coefficient (Wildman–Crippen LogP) is 14.8. The Labute approximate surface area is 344 Å². The summed E-state index contributed by atoms with van der Waals surface area (Å²) >= 11 is 0. The van der Waals surface area contributed by atoms with Crippen LogP contribution in [0, 0.1) is 0 Å². The van der Waals surface area contributed by atoms with Crippen molar-refractivity contribution in [2.75, 3.05) is 0 Å². The highest BCUT2D eigenvalue weighted by Crippen LogP contribution is 2.41. The number of imidazole rings is 1. The van der Waals surface area contributed by atoms with E-state index in [9.17, 15) is 0 Å². The summed E-state index contributed by atoms with van der Waals surface area (Å²) in [6.45, 7) is 8.36. The number of fused-ring (bicyclic) bond motifs is 2. The molecule has 278 valence electrons. The lowest BCUT2D eigenvalue weighted by Gasteiger charge is -2.17. The summed E-state index contributed by atoms with van der Waals surface area (Å²) in [7, 11) is 0. The lowest BCUT2D eigenvalue weighted by Crippen LogP contribution is -1.94. The van der Waals surface area contributed by atoms with Crippen molar-refractivity contribution in [3.05, 3.63) is 225 Å². The largest absolute Gasteiger partial charge is 0.299 e. The molecule has 0 N–H and O–H groups in total. The highest BCUT2D eigenvalue weighted by Gasteiger charge is 2.18. The lowest BCUT2D eigenvalue weighted by atomic mass is 9.88. The first-order valence-electron chi connectivity index (χ1n) is 19.9. The first-order chi connectivity index (χ1) is 29.1. The maximum atomic E-state index is 5.37. The van der Waals surface area contributed by atoms with Crippen molar-refractivity contribution in [2.24, 2.45) is 0 Å². The van der Waals surface area contributed by atoms with E-state index in [0.717, 1.165) is 106 Å². The van der Waals surface area contributed by atoms with Crippen LogP contribution in [0.3, 0.4) is 0 Å². The molecule has 0 aliphatic heterocycles. The van der Waals surface area contributed by atoms with Crippen LogP contribution in [0.25, 0.3) is 107 Å². The number of hydrogen-bond acceptors (Lipinski definition) is 2. The minimum atomic E-state index is 0.901. The molecule has 0 radical (unpaired) electrons. The molecule has 0 saturated heterocycles. The summed E-state index contributed by atoms with van der Waals surface area (Å²) in [6, 6.07) is 68.6. The van der Waals surface area contributed by atoms with E-state index < -0.39 is 0 Å². The van der Waals surface area contributed by atoms with Crippen LogP contribution in [0.2, 0.25) is 0 Å². The van der Waals surface area contributed by atoms with E-state index >= 15 is 0 Å². The summed E-state index contributed by atoms with van der Waals surface area (Å²) in [5.41, 5.74) is 17.8. The summed E-state index contributed by atoms with van der Waals surface area (Å²) in [5.74, 6) is 0. The first-order valence-corrected chi connectivity index (χ1v) is 19.9. The highest BCUT2D eigenvalue weighted by molar-refractivity contribution is 6.04. The zero-order valence-corrected chi connectivity index (χ0v) is 32.5. The molecule has 0 aliphatic carbocycles. The zero-order chi connectivity index (χ0) is 39.7. The molecule has 10 aromatic rings. The summed E-state index contributed by atoms with van der Waals surface area (Å²) in [4.78, 5) is 10.5. The Balaban J connectivity index is 1.18. The van der Waals surface area contributed by atoms with Crippen molar-refractivity contribution >= 4 is 28.6 Å². The number of rotatable bonds is 9. The van der Waals surface area contributed by atoms with E-state index in [1.807, 2.05) is 30.4 Å². The third-order valence-corrected chi connectivity index (χ3v) is 11.2. The third-order valence-electron chi connectivity index (χ3n) is 11.2. The van der Waals surface area contributed by atoms with Crippen LogP contribution in [0.1, 0.15) is 11.1 Å². The fraction of sp³-hybridized carbons (Fsp3) is 0. The second-order valence-corrected chi connectivity index (χ2v) is 14.7. The minimum absolute atomic E-state index is 0.901. The third kappa shape index (κ3) is 6.65. The number of nitrogens with zero attached hydrogens (tertiary/aromatic N) is 3. The molecule has 0 unspecified atom stereocenters. The fourth-order valence-corrected chi connectivity index (χ4v) is 8.27. The van der Waals surface area contributed by atoms with E-state index in [4.69, 9.17) is 9.97 Å². The number of aromatic nitrogens is 3. The molecule has 3 heteroatoms. The predicted molar refractivity (Wildman–Crippen MR) is 249 cm³/mol. The van der Waals surface area contributed by atoms with Crippen LogP contribution in [-0.4, -0.2) is 14.4 Å². The van der Waals surface area contributed by atoms with Crippen LogP contribution in [-0.2, 0) is 0 Å². The molecular weight excluding hydrogens is 715 g/mol. The Bertz CT molecular complexity index is 3100. The van der Waals surface area contributed by atoms with Crippen LogP contribution in [0.4, 0.5) is 0 Å². The van der Waals surface area contributed by atoms with Gasteiger partial charge in [-0.1, -0.05) is 171 Å². The van der Waals surface area contributed by atoms with Gasteiger partial charge in [-0.15, -0.1) is 0 Å².